The van der Waals surface area contributed by atoms with Crippen molar-refractivity contribution in [1.82, 2.24) is 4.90 Å². The predicted molar refractivity (Wildman–Crippen MR) is 75.9 cm³/mol. The zero-order chi connectivity index (χ0) is 14.8. The SMILES string of the molecule is CN(Cc1ccc(Cl)c(F)c1)C(=O)CC1(O)CCCC1. The van der Waals surface area contributed by atoms with Gasteiger partial charge in [-0.05, 0) is 30.5 Å². The second kappa shape index (κ2) is 6.10. The molecule has 20 heavy (non-hydrogen) atoms. The number of carbonyl (C=O) groups excluding carboxylic acids is 1. The molecular weight excluding hydrogens is 281 g/mol. The fraction of sp³-hybridized carbons (Fsp3) is 0.533. The lowest BCUT2D eigenvalue weighted by Gasteiger charge is -2.25. The molecule has 1 fully saturated rings. The van der Waals surface area contributed by atoms with Crippen molar-refractivity contribution in [3.05, 3.63) is 34.6 Å². The van der Waals surface area contributed by atoms with Crippen molar-refractivity contribution in [2.24, 2.45) is 0 Å². The van der Waals surface area contributed by atoms with Crippen LogP contribution in [0.3, 0.4) is 0 Å². The molecule has 110 valence electrons. The van der Waals surface area contributed by atoms with Crippen LogP contribution in [0.15, 0.2) is 18.2 Å². The number of hydrogen-bond donors (Lipinski definition) is 1. The Morgan fingerprint density at radius 2 is 2.10 bits per heavy atom. The van der Waals surface area contributed by atoms with Crippen LogP contribution < -0.4 is 0 Å². The van der Waals surface area contributed by atoms with Crippen LogP contribution >= 0.6 is 11.6 Å². The van der Waals surface area contributed by atoms with Gasteiger partial charge in [-0.15, -0.1) is 0 Å². The van der Waals surface area contributed by atoms with E-state index in [-0.39, 0.29) is 17.4 Å². The standard InChI is InChI=1S/C15H19ClFNO2/c1-18(10-11-4-5-12(16)13(17)8-11)14(19)9-15(20)6-2-3-7-15/h4-5,8,20H,2-3,6-7,9-10H2,1H3. The summed E-state index contributed by atoms with van der Waals surface area (Å²) < 4.78 is 13.3. The van der Waals surface area contributed by atoms with E-state index in [9.17, 15) is 14.3 Å². The van der Waals surface area contributed by atoms with Crippen LogP contribution in [0.1, 0.15) is 37.7 Å². The fourth-order valence-electron chi connectivity index (χ4n) is 2.63. The van der Waals surface area contributed by atoms with E-state index in [2.05, 4.69) is 0 Å². The molecule has 3 nitrogen and oxygen atoms in total. The zero-order valence-corrected chi connectivity index (χ0v) is 12.3. The highest BCUT2D eigenvalue weighted by atomic mass is 35.5. The van der Waals surface area contributed by atoms with E-state index < -0.39 is 11.4 Å². The van der Waals surface area contributed by atoms with Gasteiger partial charge in [0.15, 0.2) is 0 Å². The Kier molecular flexibility index (Phi) is 4.66. The van der Waals surface area contributed by atoms with Crippen molar-refractivity contribution in [3.8, 4) is 0 Å². The van der Waals surface area contributed by atoms with Gasteiger partial charge in [-0.25, -0.2) is 4.39 Å². The molecule has 0 heterocycles. The van der Waals surface area contributed by atoms with Gasteiger partial charge < -0.3 is 10.0 Å². The summed E-state index contributed by atoms with van der Waals surface area (Å²) in [6, 6.07) is 4.50. The Labute approximate surface area is 123 Å². The molecule has 0 unspecified atom stereocenters. The molecule has 2 rings (SSSR count). The molecule has 1 aliphatic rings. The van der Waals surface area contributed by atoms with Crippen LogP contribution in [0, 0.1) is 5.82 Å². The first-order chi connectivity index (χ1) is 9.39. The largest absolute Gasteiger partial charge is 0.389 e. The lowest BCUT2D eigenvalue weighted by Crippen LogP contribution is -2.35. The molecule has 1 aromatic rings. The van der Waals surface area contributed by atoms with Gasteiger partial charge in [-0.3, -0.25) is 4.79 Å². The van der Waals surface area contributed by atoms with Gasteiger partial charge in [-0.2, -0.15) is 0 Å². The van der Waals surface area contributed by atoms with Crippen molar-refractivity contribution in [3.63, 3.8) is 0 Å². The zero-order valence-electron chi connectivity index (χ0n) is 11.5. The summed E-state index contributed by atoms with van der Waals surface area (Å²) in [4.78, 5) is 13.6. The van der Waals surface area contributed by atoms with E-state index in [0.717, 1.165) is 12.8 Å². The monoisotopic (exact) mass is 299 g/mol. The predicted octanol–water partition coefficient (Wildman–Crippen LogP) is 3.13. The first-order valence-corrected chi connectivity index (χ1v) is 7.18. The lowest BCUT2D eigenvalue weighted by atomic mass is 9.97. The van der Waals surface area contributed by atoms with Crippen LogP contribution in [-0.2, 0) is 11.3 Å². The minimum absolute atomic E-state index is 0.0722. The average molecular weight is 300 g/mol. The molecule has 0 aliphatic heterocycles. The smallest absolute Gasteiger partial charge is 0.225 e. The highest BCUT2D eigenvalue weighted by Gasteiger charge is 2.34. The van der Waals surface area contributed by atoms with E-state index in [1.165, 1.54) is 17.0 Å². The molecule has 1 aliphatic carbocycles. The quantitative estimate of drug-likeness (QED) is 0.928. The molecule has 0 saturated heterocycles. The first kappa shape index (κ1) is 15.3. The summed E-state index contributed by atoms with van der Waals surface area (Å²) in [7, 11) is 1.66. The van der Waals surface area contributed by atoms with E-state index in [1.54, 1.807) is 13.1 Å². The molecule has 0 aromatic heterocycles. The van der Waals surface area contributed by atoms with Crippen LogP contribution in [0.5, 0.6) is 0 Å². The second-order valence-electron chi connectivity index (χ2n) is 5.61. The molecule has 1 amide bonds. The maximum atomic E-state index is 13.3. The minimum atomic E-state index is -0.851. The number of benzene rings is 1. The van der Waals surface area contributed by atoms with E-state index in [4.69, 9.17) is 11.6 Å². The van der Waals surface area contributed by atoms with E-state index >= 15 is 0 Å². The summed E-state index contributed by atoms with van der Waals surface area (Å²) in [5, 5.41) is 10.3. The maximum Gasteiger partial charge on any atom is 0.225 e. The highest BCUT2D eigenvalue weighted by molar-refractivity contribution is 6.30. The number of hydrogen-bond acceptors (Lipinski definition) is 2. The first-order valence-electron chi connectivity index (χ1n) is 6.80. The highest BCUT2D eigenvalue weighted by Crippen LogP contribution is 2.32. The van der Waals surface area contributed by atoms with Gasteiger partial charge in [0, 0.05) is 13.6 Å². The molecule has 0 bridgehead atoms. The molecule has 5 heteroatoms. The number of nitrogens with zero attached hydrogens (tertiary/aromatic N) is 1. The third kappa shape index (κ3) is 3.70. The van der Waals surface area contributed by atoms with Gasteiger partial charge >= 0.3 is 0 Å². The van der Waals surface area contributed by atoms with Gasteiger partial charge in [0.05, 0.1) is 17.0 Å². The van der Waals surface area contributed by atoms with Crippen molar-refractivity contribution < 1.29 is 14.3 Å². The summed E-state index contributed by atoms with van der Waals surface area (Å²) in [6.45, 7) is 0.309. The van der Waals surface area contributed by atoms with Gasteiger partial charge in [0.2, 0.25) is 5.91 Å². The van der Waals surface area contributed by atoms with Crippen molar-refractivity contribution >= 4 is 17.5 Å². The van der Waals surface area contributed by atoms with Crippen LogP contribution in [-0.4, -0.2) is 28.6 Å². The van der Waals surface area contributed by atoms with Crippen LogP contribution in [0.25, 0.3) is 0 Å². The summed E-state index contributed by atoms with van der Waals surface area (Å²) in [5.41, 5.74) is -0.169. The summed E-state index contributed by atoms with van der Waals surface area (Å²) >= 11 is 5.62. The van der Waals surface area contributed by atoms with Crippen molar-refractivity contribution in [2.45, 2.75) is 44.2 Å². The Bertz CT molecular complexity index is 501. The maximum absolute atomic E-state index is 13.3. The molecule has 1 aromatic carbocycles. The topological polar surface area (TPSA) is 40.5 Å². The Morgan fingerprint density at radius 1 is 1.45 bits per heavy atom. The number of aliphatic hydroxyl groups is 1. The Morgan fingerprint density at radius 3 is 2.70 bits per heavy atom. The van der Waals surface area contributed by atoms with Crippen molar-refractivity contribution in [2.75, 3.05) is 7.05 Å². The molecule has 1 N–H and O–H groups in total. The molecule has 0 atom stereocenters. The third-order valence-corrected chi connectivity index (χ3v) is 4.15. The Hall–Kier alpha value is -1.13. The van der Waals surface area contributed by atoms with Crippen LogP contribution in [0.4, 0.5) is 4.39 Å². The normalized spacial score (nSPS) is 17.2. The lowest BCUT2D eigenvalue weighted by molar-refractivity contribution is -0.135. The van der Waals surface area contributed by atoms with E-state index in [0.29, 0.717) is 24.9 Å². The van der Waals surface area contributed by atoms with Gasteiger partial charge in [-0.1, -0.05) is 30.5 Å². The molecule has 0 radical (unpaired) electrons. The average Bonchev–Trinajstić information content (AvgIpc) is 2.80. The number of halogens is 2. The number of carbonyl (C=O) groups is 1. The second-order valence-corrected chi connectivity index (χ2v) is 6.01. The fourth-order valence-corrected chi connectivity index (χ4v) is 2.74. The summed E-state index contributed by atoms with van der Waals surface area (Å²) in [6.07, 6.45) is 3.44. The van der Waals surface area contributed by atoms with E-state index in [1.807, 2.05) is 0 Å². The Balaban J connectivity index is 1.95. The third-order valence-electron chi connectivity index (χ3n) is 3.84. The molecular formula is C15H19ClFNO2. The van der Waals surface area contributed by atoms with Crippen LogP contribution in [0.2, 0.25) is 5.02 Å². The number of rotatable bonds is 4. The molecule has 0 spiro atoms. The molecule has 1 saturated carbocycles. The van der Waals surface area contributed by atoms with Crippen molar-refractivity contribution in [1.29, 1.82) is 0 Å². The summed E-state index contributed by atoms with van der Waals surface area (Å²) in [5.74, 6) is -0.607. The van der Waals surface area contributed by atoms with Gasteiger partial charge in [0.25, 0.3) is 0 Å². The number of amides is 1. The minimum Gasteiger partial charge on any atom is -0.389 e. The van der Waals surface area contributed by atoms with Gasteiger partial charge in [0.1, 0.15) is 5.82 Å².